The molecular formula is C25H20Cl2N4O4. The highest BCUT2D eigenvalue weighted by Crippen LogP contribution is 2.29. The SMILES string of the molecule is CC(c1nc2cc(Cl)ccc2c(=O)n1C)N(Cc1ccccc1)C(=O)c1ccc([N+](=O)[O-])cc1Cl. The summed E-state index contributed by atoms with van der Waals surface area (Å²) < 4.78 is 1.41. The van der Waals surface area contributed by atoms with Gasteiger partial charge in [0.1, 0.15) is 5.82 Å². The van der Waals surface area contributed by atoms with E-state index in [0.717, 1.165) is 11.6 Å². The second-order valence-electron chi connectivity index (χ2n) is 8.01. The molecule has 10 heteroatoms. The van der Waals surface area contributed by atoms with Crippen LogP contribution in [0.5, 0.6) is 0 Å². The lowest BCUT2D eigenvalue weighted by Crippen LogP contribution is -2.37. The molecule has 0 fully saturated rings. The lowest BCUT2D eigenvalue weighted by Gasteiger charge is -2.30. The Kier molecular flexibility index (Phi) is 6.86. The Morgan fingerprint density at radius 1 is 1.11 bits per heavy atom. The zero-order chi connectivity index (χ0) is 25.3. The quantitative estimate of drug-likeness (QED) is 0.250. The van der Waals surface area contributed by atoms with Crippen LogP contribution >= 0.6 is 23.2 Å². The van der Waals surface area contributed by atoms with Gasteiger partial charge >= 0.3 is 0 Å². The first-order chi connectivity index (χ1) is 16.7. The molecule has 3 aromatic carbocycles. The Labute approximate surface area is 210 Å². The van der Waals surface area contributed by atoms with Gasteiger partial charge in [-0.3, -0.25) is 24.3 Å². The Morgan fingerprint density at radius 2 is 1.83 bits per heavy atom. The number of amides is 1. The minimum atomic E-state index is -0.657. The Hall–Kier alpha value is -3.75. The van der Waals surface area contributed by atoms with E-state index in [9.17, 15) is 19.7 Å². The third-order valence-corrected chi connectivity index (χ3v) is 6.31. The van der Waals surface area contributed by atoms with E-state index in [1.54, 1.807) is 32.2 Å². The zero-order valence-corrected chi connectivity index (χ0v) is 20.3. The van der Waals surface area contributed by atoms with Crippen LogP contribution in [-0.2, 0) is 13.6 Å². The number of non-ortho nitro benzene ring substituents is 1. The number of nitro groups is 1. The molecule has 0 saturated heterocycles. The lowest BCUT2D eigenvalue weighted by molar-refractivity contribution is -0.384. The highest BCUT2D eigenvalue weighted by atomic mass is 35.5. The summed E-state index contributed by atoms with van der Waals surface area (Å²) in [6, 6.07) is 17.2. The van der Waals surface area contributed by atoms with Gasteiger partial charge in [-0.1, -0.05) is 53.5 Å². The number of benzene rings is 3. The van der Waals surface area contributed by atoms with Gasteiger partial charge in [-0.05, 0) is 36.8 Å². The van der Waals surface area contributed by atoms with Gasteiger partial charge in [0, 0.05) is 30.7 Å². The number of nitro benzene ring substituents is 1. The molecule has 1 aromatic heterocycles. The molecule has 0 saturated carbocycles. The van der Waals surface area contributed by atoms with Crippen LogP contribution in [0.25, 0.3) is 10.9 Å². The van der Waals surface area contributed by atoms with Crippen LogP contribution in [0.2, 0.25) is 10.0 Å². The number of hydrogen-bond acceptors (Lipinski definition) is 5. The molecule has 1 heterocycles. The third-order valence-electron chi connectivity index (χ3n) is 5.77. The van der Waals surface area contributed by atoms with Gasteiger partial charge in [-0.25, -0.2) is 4.98 Å². The number of hydrogen-bond donors (Lipinski definition) is 0. The van der Waals surface area contributed by atoms with Crippen molar-refractivity contribution in [1.29, 1.82) is 0 Å². The topological polar surface area (TPSA) is 98.3 Å². The number of nitrogens with zero attached hydrogens (tertiary/aromatic N) is 4. The van der Waals surface area contributed by atoms with Gasteiger partial charge in [0.15, 0.2) is 0 Å². The van der Waals surface area contributed by atoms with Crippen molar-refractivity contribution in [1.82, 2.24) is 14.5 Å². The number of halogens is 2. The molecule has 1 amide bonds. The summed E-state index contributed by atoms with van der Waals surface area (Å²) >= 11 is 12.4. The lowest BCUT2D eigenvalue weighted by atomic mass is 10.1. The Bertz CT molecular complexity index is 1510. The maximum Gasteiger partial charge on any atom is 0.270 e. The van der Waals surface area contributed by atoms with E-state index in [0.29, 0.717) is 21.7 Å². The average Bonchev–Trinajstić information content (AvgIpc) is 2.84. The van der Waals surface area contributed by atoms with Crippen molar-refractivity contribution in [3.05, 3.63) is 114 Å². The summed E-state index contributed by atoms with van der Waals surface area (Å²) in [4.78, 5) is 43.5. The minimum Gasteiger partial charge on any atom is -0.324 e. The molecule has 0 bridgehead atoms. The smallest absolute Gasteiger partial charge is 0.270 e. The molecule has 0 N–H and O–H groups in total. The van der Waals surface area contributed by atoms with E-state index < -0.39 is 16.9 Å². The fraction of sp³-hybridized carbons (Fsp3) is 0.160. The summed E-state index contributed by atoms with van der Waals surface area (Å²) in [5.41, 5.74) is 0.884. The van der Waals surface area contributed by atoms with Crippen LogP contribution in [0.4, 0.5) is 5.69 Å². The summed E-state index contributed by atoms with van der Waals surface area (Å²) in [5, 5.41) is 11.9. The summed E-state index contributed by atoms with van der Waals surface area (Å²) in [6.07, 6.45) is 0. The molecule has 0 aliphatic rings. The average molecular weight is 511 g/mol. The summed E-state index contributed by atoms with van der Waals surface area (Å²) in [6.45, 7) is 1.95. The monoisotopic (exact) mass is 510 g/mol. The number of rotatable bonds is 6. The van der Waals surface area contributed by atoms with E-state index in [-0.39, 0.29) is 28.4 Å². The first-order valence-corrected chi connectivity index (χ1v) is 11.4. The van der Waals surface area contributed by atoms with Crippen molar-refractivity contribution >= 4 is 45.7 Å². The molecule has 0 aliphatic heterocycles. The molecule has 0 radical (unpaired) electrons. The first kappa shape index (κ1) is 24.4. The van der Waals surface area contributed by atoms with E-state index in [1.807, 2.05) is 30.3 Å². The molecule has 1 atom stereocenters. The molecular weight excluding hydrogens is 491 g/mol. The van der Waals surface area contributed by atoms with Crippen molar-refractivity contribution in [2.75, 3.05) is 0 Å². The Balaban J connectivity index is 1.83. The maximum absolute atomic E-state index is 13.7. The maximum atomic E-state index is 13.7. The van der Waals surface area contributed by atoms with Gasteiger partial charge < -0.3 is 4.90 Å². The van der Waals surface area contributed by atoms with Crippen molar-refractivity contribution in [3.63, 3.8) is 0 Å². The van der Waals surface area contributed by atoms with Crippen LogP contribution in [0.1, 0.15) is 34.7 Å². The number of aromatic nitrogens is 2. The van der Waals surface area contributed by atoms with Crippen LogP contribution in [0, 0.1) is 10.1 Å². The van der Waals surface area contributed by atoms with Crippen molar-refractivity contribution in [2.45, 2.75) is 19.5 Å². The van der Waals surface area contributed by atoms with Gasteiger partial charge in [-0.15, -0.1) is 0 Å². The molecule has 0 spiro atoms. The predicted molar refractivity (Wildman–Crippen MR) is 135 cm³/mol. The number of carbonyl (C=O) groups excluding carboxylic acids is 1. The molecule has 0 aliphatic carbocycles. The second-order valence-corrected chi connectivity index (χ2v) is 8.86. The molecule has 35 heavy (non-hydrogen) atoms. The van der Waals surface area contributed by atoms with E-state index >= 15 is 0 Å². The van der Waals surface area contributed by atoms with Gasteiger partial charge in [-0.2, -0.15) is 0 Å². The molecule has 178 valence electrons. The first-order valence-electron chi connectivity index (χ1n) is 10.6. The van der Waals surface area contributed by atoms with Gasteiger partial charge in [0.05, 0.1) is 32.5 Å². The predicted octanol–water partition coefficient (Wildman–Crippen LogP) is 5.55. The van der Waals surface area contributed by atoms with Crippen molar-refractivity contribution < 1.29 is 9.72 Å². The van der Waals surface area contributed by atoms with Crippen LogP contribution < -0.4 is 5.56 Å². The summed E-state index contributed by atoms with van der Waals surface area (Å²) in [5.74, 6) is -0.103. The fourth-order valence-corrected chi connectivity index (χ4v) is 4.31. The van der Waals surface area contributed by atoms with E-state index in [4.69, 9.17) is 23.2 Å². The molecule has 8 nitrogen and oxygen atoms in total. The zero-order valence-electron chi connectivity index (χ0n) is 18.8. The van der Waals surface area contributed by atoms with Crippen molar-refractivity contribution in [3.8, 4) is 0 Å². The highest BCUT2D eigenvalue weighted by molar-refractivity contribution is 6.34. The highest BCUT2D eigenvalue weighted by Gasteiger charge is 2.28. The normalized spacial score (nSPS) is 11.9. The van der Waals surface area contributed by atoms with Gasteiger partial charge in [0.2, 0.25) is 0 Å². The molecule has 4 aromatic rings. The third kappa shape index (κ3) is 4.89. The number of fused-ring (bicyclic) bond motifs is 1. The number of carbonyl (C=O) groups is 1. The standard InChI is InChI=1S/C25H20Cl2N4O4/c1-15(23-28-22-12-17(26)8-10-20(22)24(32)29(23)2)30(14-16-6-4-3-5-7-16)25(33)19-11-9-18(31(34)35)13-21(19)27/h3-13,15H,14H2,1-2H3. The van der Waals surface area contributed by atoms with E-state index in [2.05, 4.69) is 4.98 Å². The van der Waals surface area contributed by atoms with Crippen molar-refractivity contribution in [2.24, 2.45) is 7.05 Å². The second kappa shape index (κ2) is 9.85. The van der Waals surface area contributed by atoms with E-state index in [1.165, 1.54) is 21.6 Å². The summed E-state index contributed by atoms with van der Waals surface area (Å²) in [7, 11) is 1.60. The minimum absolute atomic E-state index is 0.0402. The van der Waals surface area contributed by atoms with Crippen LogP contribution in [0.15, 0.2) is 71.5 Å². The molecule has 4 rings (SSSR count). The largest absolute Gasteiger partial charge is 0.324 e. The van der Waals surface area contributed by atoms with Crippen LogP contribution in [-0.4, -0.2) is 25.3 Å². The molecule has 1 unspecified atom stereocenters. The van der Waals surface area contributed by atoms with Crippen LogP contribution in [0.3, 0.4) is 0 Å². The fourth-order valence-electron chi connectivity index (χ4n) is 3.88. The Morgan fingerprint density at radius 3 is 2.49 bits per heavy atom. The van der Waals surface area contributed by atoms with Gasteiger partial charge in [0.25, 0.3) is 17.2 Å².